The highest BCUT2D eigenvalue weighted by Crippen LogP contribution is 2.29. The van der Waals surface area contributed by atoms with Crippen molar-refractivity contribution < 1.29 is 23.6 Å². The monoisotopic (exact) mass is 382 g/mol. The van der Waals surface area contributed by atoms with E-state index < -0.39 is 12.2 Å². The predicted molar refractivity (Wildman–Crippen MR) is 109 cm³/mol. The van der Waals surface area contributed by atoms with E-state index in [4.69, 9.17) is 9.47 Å². The minimum atomic E-state index is -0.475. The number of aryl methyl sites for hydroxylation is 2. The van der Waals surface area contributed by atoms with Crippen molar-refractivity contribution in [3.8, 4) is 0 Å². The quantitative estimate of drug-likeness (QED) is 0.522. The van der Waals surface area contributed by atoms with Crippen LogP contribution in [0.5, 0.6) is 0 Å². The number of aromatic nitrogens is 1. The summed E-state index contributed by atoms with van der Waals surface area (Å²) >= 11 is 0. The highest BCUT2D eigenvalue weighted by atomic mass is 16.6. The molecule has 0 bridgehead atoms. The number of pyridine rings is 1. The molecule has 1 aromatic heterocycles. The number of ether oxygens (including phenoxy) is 2. The average molecular weight is 382 g/mol. The van der Waals surface area contributed by atoms with Crippen LogP contribution in [0, 0.1) is 6.92 Å². The zero-order valence-corrected chi connectivity index (χ0v) is 16.5. The van der Waals surface area contributed by atoms with Crippen LogP contribution in [-0.2, 0) is 16.5 Å². The number of anilines is 2. The van der Waals surface area contributed by atoms with E-state index >= 15 is 0 Å². The standard InChI is InChI=1S/C21H23N3O4/c1-5-27-20(25)22-14-7-9-16-17-10-8-15(23-21(26)28-6-2)12-19(17)24(4)13(3)18(16)11-14/h7-12H,5-6H2,1-4H3,(H,22,25)/p+1. The minimum Gasteiger partial charge on any atom is -0.450 e. The first kappa shape index (κ1) is 19.4. The fourth-order valence-corrected chi connectivity index (χ4v) is 3.20. The summed E-state index contributed by atoms with van der Waals surface area (Å²) in [5.74, 6) is 0. The van der Waals surface area contributed by atoms with Gasteiger partial charge in [0, 0.05) is 24.1 Å². The van der Waals surface area contributed by atoms with Gasteiger partial charge in [-0.15, -0.1) is 0 Å². The number of carbonyl (C=O) groups is 2. The number of rotatable bonds is 4. The Bertz CT molecular complexity index is 978. The first-order valence-electron chi connectivity index (χ1n) is 9.18. The molecule has 0 aliphatic heterocycles. The predicted octanol–water partition coefficient (Wildman–Crippen LogP) is 4.26. The zero-order chi connectivity index (χ0) is 20.3. The van der Waals surface area contributed by atoms with Crippen molar-refractivity contribution in [2.45, 2.75) is 20.8 Å². The topological polar surface area (TPSA) is 80.5 Å². The Morgan fingerprint density at radius 1 is 0.857 bits per heavy atom. The molecule has 0 saturated heterocycles. The van der Waals surface area contributed by atoms with E-state index in [0.29, 0.717) is 24.6 Å². The van der Waals surface area contributed by atoms with Crippen LogP contribution in [0.1, 0.15) is 19.5 Å². The molecule has 0 atom stereocenters. The van der Waals surface area contributed by atoms with Gasteiger partial charge < -0.3 is 9.47 Å². The summed E-state index contributed by atoms with van der Waals surface area (Å²) < 4.78 is 11.9. The van der Waals surface area contributed by atoms with Gasteiger partial charge in [0.25, 0.3) is 0 Å². The van der Waals surface area contributed by atoms with Crippen LogP contribution in [0.2, 0.25) is 0 Å². The van der Waals surface area contributed by atoms with E-state index in [2.05, 4.69) is 15.2 Å². The SMILES string of the molecule is CCOC(=O)Nc1ccc2c(c1)c(C)[n+](C)c1cc(NC(=O)OCC)ccc21. The molecule has 2 aromatic carbocycles. The van der Waals surface area contributed by atoms with Crippen LogP contribution < -0.4 is 15.2 Å². The average Bonchev–Trinajstić information content (AvgIpc) is 2.66. The second-order valence-electron chi connectivity index (χ2n) is 6.33. The van der Waals surface area contributed by atoms with Gasteiger partial charge in [-0.05, 0) is 38.1 Å². The van der Waals surface area contributed by atoms with Crippen LogP contribution >= 0.6 is 0 Å². The molecule has 146 valence electrons. The molecule has 3 aromatic rings. The lowest BCUT2D eigenvalue weighted by Gasteiger charge is -2.11. The van der Waals surface area contributed by atoms with Gasteiger partial charge in [-0.2, -0.15) is 4.57 Å². The van der Waals surface area contributed by atoms with Gasteiger partial charge in [-0.25, -0.2) is 9.59 Å². The second-order valence-corrected chi connectivity index (χ2v) is 6.33. The fourth-order valence-electron chi connectivity index (χ4n) is 3.20. The Morgan fingerprint density at radius 3 is 1.96 bits per heavy atom. The Labute approximate surface area is 163 Å². The van der Waals surface area contributed by atoms with E-state index in [0.717, 1.165) is 27.4 Å². The van der Waals surface area contributed by atoms with Crippen molar-refractivity contribution in [3.05, 3.63) is 42.1 Å². The molecule has 1 heterocycles. The van der Waals surface area contributed by atoms with Gasteiger partial charge in [0.1, 0.15) is 7.05 Å². The molecule has 28 heavy (non-hydrogen) atoms. The number of benzene rings is 2. The van der Waals surface area contributed by atoms with Crippen molar-refractivity contribution >= 4 is 45.2 Å². The van der Waals surface area contributed by atoms with Crippen LogP contribution in [0.25, 0.3) is 21.7 Å². The van der Waals surface area contributed by atoms with E-state index in [1.54, 1.807) is 13.8 Å². The first-order chi connectivity index (χ1) is 13.4. The number of carbonyl (C=O) groups excluding carboxylic acids is 2. The number of nitrogens with one attached hydrogen (secondary N) is 2. The number of fused-ring (bicyclic) bond motifs is 3. The molecule has 0 fully saturated rings. The number of amides is 2. The lowest BCUT2D eigenvalue weighted by atomic mass is 10.0. The van der Waals surface area contributed by atoms with Crippen LogP contribution in [0.3, 0.4) is 0 Å². The summed E-state index contributed by atoms with van der Waals surface area (Å²) in [4.78, 5) is 23.4. The molecular weight excluding hydrogens is 358 g/mol. The van der Waals surface area contributed by atoms with E-state index in [9.17, 15) is 9.59 Å². The molecule has 0 saturated carbocycles. The van der Waals surface area contributed by atoms with Gasteiger partial charge in [0.15, 0.2) is 5.69 Å². The van der Waals surface area contributed by atoms with E-state index in [-0.39, 0.29) is 0 Å². The number of hydrogen-bond acceptors (Lipinski definition) is 4. The minimum absolute atomic E-state index is 0.319. The molecular formula is C21H24N3O4+. The van der Waals surface area contributed by atoms with Crippen LogP contribution in [0.15, 0.2) is 36.4 Å². The van der Waals surface area contributed by atoms with Crippen molar-refractivity contribution in [3.63, 3.8) is 0 Å². The summed E-state index contributed by atoms with van der Waals surface area (Å²) in [5.41, 5.74) is 3.35. The van der Waals surface area contributed by atoms with Gasteiger partial charge in [-0.3, -0.25) is 10.6 Å². The third kappa shape index (κ3) is 3.83. The summed E-state index contributed by atoms with van der Waals surface area (Å²) in [5, 5.41) is 8.60. The van der Waals surface area contributed by atoms with E-state index in [1.165, 1.54) is 0 Å². The lowest BCUT2D eigenvalue weighted by molar-refractivity contribution is -0.649. The molecule has 7 nitrogen and oxygen atoms in total. The Morgan fingerprint density at radius 2 is 1.39 bits per heavy atom. The van der Waals surface area contributed by atoms with Crippen LogP contribution in [-0.4, -0.2) is 25.4 Å². The maximum absolute atomic E-state index is 11.7. The highest BCUT2D eigenvalue weighted by Gasteiger charge is 2.17. The Kier molecular flexibility index (Phi) is 5.63. The molecule has 0 aliphatic rings. The Hall–Kier alpha value is -3.35. The highest BCUT2D eigenvalue weighted by molar-refractivity contribution is 6.07. The number of nitrogens with zero attached hydrogens (tertiary/aromatic N) is 1. The largest absolute Gasteiger partial charge is 0.450 e. The maximum Gasteiger partial charge on any atom is 0.411 e. The van der Waals surface area contributed by atoms with Gasteiger partial charge in [0.05, 0.1) is 29.7 Å². The zero-order valence-electron chi connectivity index (χ0n) is 16.5. The first-order valence-corrected chi connectivity index (χ1v) is 9.18. The van der Waals surface area contributed by atoms with Crippen LogP contribution in [0.4, 0.5) is 21.0 Å². The lowest BCUT2D eigenvalue weighted by Crippen LogP contribution is -2.33. The summed E-state index contributed by atoms with van der Waals surface area (Å²) in [6.07, 6.45) is -0.948. The van der Waals surface area contributed by atoms with Crippen molar-refractivity contribution in [1.82, 2.24) is 0 Å². The molecule has 2 N–H and O–H groups in total. The van der Waals surface area contributed by atoms with Gasteiger partial charge in [0.2, 0.25) is 5.52 Å². The van der Waals surface area contributed by atoms with Crippen molar-refractivity contribution in [2.24, 2.45) is 7.05 Å². The third-order valence-electron chi connectivity index (χ3n) is 4.61. The Balaban J connectivity index is 2.06. The second kappa shape index (κ2) is 8.12. The van der Waals surface area contributed by atoms with Crippen molar-refractivity contribution in [2.75, 3.05) is 23.8 Å². The summed E-state index contributed by atoms with van der Waals surface area (Å²) in [7, 11) is 1.97. The number of hydrogen-bond donors (Lipinski definition) is 2. The molecule has 7 heteroatoms. The molecule has 0 aliphatic carbocycles. The molecule has 3 rings (SSSR count). The smallest absolute Gasteiger partial charge is 0.411 e. The maximum atomic E-state index is 11.7. The molecule has 0 spiro atoms. The molecule has 0 unspecified atom stereocenters. The normalized spacial score (nSPS) is 10.7. The summed E-state index contributed by atoms with van der Waals surface area (Å²) in [6.45, 7) is 6.18. The van der Waals surface area contributed by atoms with E-state index in [1.807, 2.05) is 50.4 Å². The molecule has 2 amide bonds. The fraction of sp³-hybridized carbons (Fsp3) is 0.286. The van der Waals surface area contributed by atoms with Gasteiger partial charge >= 0.3 is 12.2 Å². The summed E-state index contributed by atoms with van der Waals surface area (Å²) in [6, 6.07) is 11.5. The van der Waals surface area contributed by atoms with Crippen molar-refractivity contribution in [1.29, 1.82) is 0 Å². The third-order valence-corrected chi connectivity index (χ3v) is 4.61. The molecule has 0 radical (unpaired) electrons. The van der Waals surface area contributed by atoms with Gasteiger partial charge in [-0.1, -0.05) is 6.07 Å².